The van der Waals surface area contributed by atoms with Gasteiger partial charge in [-0.2, -0.15) is 0 Å². The van der Waals surface area contributed by atoms with E-state index >= 15 is 0 Å². The van der Waals surface area contributed by atoms with Crippen LogP contribution in [0.25, 0.3) is 0 Å². The fourth-order valence-corrected chi connectivity index (χ4v) is 4.78. The summed E-state index contributed by atoms with van der Waals surface area (Å²) in [4.78, 5) is 29.0. The van der Waals surface area contributed by atoms with Gasteiger partial charge in [-0.05, 0) is 6.42 Å². The monoisotopic (exact) mass is 448 g/mol. The third-order valence-corrected chi connectivity index (χ3v) is 7.08. The lowest BCUT2D eigenvalue weighted by Crippen LogP contribution is -2.40. The fourth-order valence-electron chi connectivity index (χ4n) is 2.20. The highest BCUT2D eigenvalue weighted by Gasteiger charge is 2.33. The van der Waals surface area contributed by atoms with E-state index in [9.17, 15) is 18.0 Å². The van der Waals surface area contributed by atoms with Crippen LogP contribution in [0.15, 0.2) is 0 Å². The summed E-state index contributed by atoms with van der Waals surface area (Å²) in [7, 11) is -1.69. The molecule has 1 aromatic heterocycles. The average Bonchev–Trinajstić information content (AvgIpc) is 2.92. The quantitative estimate of drug-likeness (QED) is 0.517. The molecule has 0 saturated carbocycles. The number of sulfone groups is 1. The van der Waals surface area contributed by atoms with Gasteiger partial charge in [0.05, 0.1) is 26.6 Å². The van der Waals surface area contributed by atoms with Crippen LogP contribution in [0.4, 0.5) is 0 Å². The maximum atomic E-state index is 12.1. The van der Waals surface area contributed by atoms with Crippen LogP contribution < -0.4 is 0 Å². The molecule has 0 bridgehead atoms. The largest absolute Gasteiger partial charge is 0.451 e. The number of hydrogen-bond acceptors (Lipinski definition) is 6. The highest BCUT2D eigenvalue weighted by molar-refractivity contribution is 7.91. The fraction of sp³-hybridized carbons (Fsp3) is 0.462. The van der Waals surface area contributed by atoms with E-state index in [-0.39, 0.29) is 37.4 Å². The van der Waals surface area contributed by atoms with Crippen molar-refractivity contribution in [3.05, 3.63) is 25.9 Å². The molecule has 138 valence electrons. The van der Waals surface area contributed by atoms with Gasteiger partial charge in [-0.25, -0.2) is 18.2 Å². The topological polar surface area (TPSA) is 93.6 Å². The van der Waals surface area contributed by atoms with Gasteiger partial charge in [-0.1, -0.05) is 46.4 Å². The number of carbonyl (C=O) groups excluding carboxylic acids is 2. The predicted molar refractivity (Wildman–Crippen MR) is 94.4 cm³/mol. The van der Waals surface area contributed by atoms with Crippen molar-refractivity contribution in [1.82, 2.24) is 9.88 Å². The number of amides is 1. The number of halogens is 4. The molecule has 0 spiro atoms. The third kappa shape index (κ3) is 4.68. The van der Waals surface area contributed by atoms with Crippen LogP contribution in [-0.4, -0.2) is 61.4 Å². The molecule has 25 heavy (non-hydrogen) atoms. The number of likely N-dealkylation sites (N-methyl/N-ethyl adjacent to an activating group) is 1. The van der Waals surface area contributed by atoms with Crippen molar-refractivity contribution in [2.75, 3.05) is 25.2 Å². The Morgan fingerprint density at radius 1 is 1.20 bits per heavy atom. The molecule has 12 heteroatoms. The van der Waals surface area contributed by atoms with E-state index in [0.717, 1.165) is 0 Å². The summed E-state index contributed by atoms with van der Waals surface area (Å²) in [6.45, 7) is -0.609. The highest BCUT2D eigenvalue weighted by Crippen LogP contribution is 2.36. The molecule has 1 saturated heterocycles. The molecule has 1 aromatic rings. The maximum Gasteiger partial charge on any atom is 0.359 e. The molecule has 0 unspecified atom stereocenters. The van der Waals surface area contributed by atoms with Gasteiger partial charge in [-0.3, -0.25) is 4.79 Å². The number of carbonyl (C=O) groups is 2. The van der Waals surface area contributed by atoms with Crippen molar-refractivity contribution in [2.45, 2.75) is 12.5 Å². The summed E-state index contributed by atoms with van der Waals surface area (Å²) in [6.07, 6.45) is 0.342. The molecule has 0 aromatic carbocycles. The van der Waals surface area contributed by atoms with E-state index in [2.05, 4.69) is 4.98 Å². The first-order valence-corrected chi connectivity index (χ1v) is 10.2. The molecule has 1 fully saturated rings. The lowest BCUT2D eigenvalue weighted by atomic mass is 10.2. The summed E-state index contributed by atoms with van der Waals surface area (Å²) in [6, 6.07) is -0.447. The van der Waals surface area contributed by atoms with Crippen LogP contribution in [0.3, 0.4) is 0 Å². The number of pyridine rings is 1. The van der Waals surface area contributed by atoms with Crippen LogP contribution in [0, 0.1) is 0 Å². The van der Waals surface area contributed by atoms with Gasteiger partial charge >= 0.3 is 5.97 Å². The maximum absolute atomic E-state index is 12.1. The molecule has 1 aliphatic heterocycles. The zero-order chi connectivity index (χ0) is 18.9. The number of esters is 1. The van der Waals surface area contributed by atoms with E-state index in [1.165, 1.54) is 11.9 Å². The summed E-state index contributed by atoms with van der Waals surface area (Å²) in [5.74, 6) is -1.65. The molecule has 0 aliphatic carbocycles. The van der Waals surface area contributed by atoms with Crippen LogP contribution in [0.5, 0.6) is 0 Å². The summed E-state index contributed by atoms with van der Waals surface area (Å²) >= 11 is 23.2. The minimum Gasteiger partial charge on any atom is -0.451 e. The Hall–Kier alpha value is -0.800. The van der Waals surface area contributed by atoms with Gasteiger partial charge in [0.25, 0.3) is 5.91 Å². The standard InChI is InChI=1S/C13H12Cl4N2O5S/c1-19(6-2-3-25(22,23)5-6)7(20)4-24-13(21)11-9(15)8(14)10(16)12(17)18-11/h6H,2-5H2,1H3/t6-/m1/s1. The number of nitrogens with zero attached hydrogens (tertiary/aromatic N) is 2. The Kier molecular flexibility index (Phi) is 6.43. The van der Waals surface area contributed by atoms with Crippen LogP contribution in [0.2, 0.25) is 20.2 Å². The molecule has 1 amide bonds. The first kappa shape index (κ1) is 20.5. The van der Waals surface area contributed by atoms with Crippen LogP contribution in [0.1, 0.15) is 16.9 Å². The lowest BCUT2D eigenvalue weighted by Gasteiger charge is -2.23. The number of ether oxygens (including phenoxy) is 1. The number of rotatable bonds is 4. The highest BCUT2D eigenvalue weighted by atomic mass is 35.5. The van der Waals surface area contributed by atoms with Crippen molar-refractivity contribution in [2.24, 2.45) is 0 Å². The molecule has 7 nitrogen and oxygen atoms in total. The molecule has 0 radical (unpaired) electrons. The molecule has 0 N–H and O–H groups in total. The van der Waals surface area contributed by atoms with E-state index < -0.39 is 34.4 Å². The SMILES string of the molecule is CN(C(=O)COC(=O)c1nc(Cl)c(Cl)c(Cl)c1Cl)[C@@H]1CCS(=O)(=O)C1. The van der Waals surface area contributed by atoms with Gasteiger partial charge < -0.3 is 9.64 Å². The minimum absolute atomic E-state index is 0.0242. The Labute approximate surface area is 164 Å². The Balaban J connectivity index is 2.02. The average molecular weight is 450 g/mol. The summed E-state index contributed by atoms with van der Waals surface area (Å²) in [5, 5.41) is -0.746. The number of hydrogen-bond donors (Lipinski definition) is 0. The normalized spacial score (nSPS) is 18.8. The van der Waals surface area contributed by atoms with Crippen molar-refractivity contribution >= 4 is 68.1 Å². The van der Waals surface area contributed by atoms with E-state index in [0.29, 0.717) is 6.42 Å². The number of aromatic nitrogens is 1. The van der Waals surface area contributed by atoms with Gasteiger partial charge in [0.1, 0.15) is 5.15 Å². The van der Waals surface area contributed by atoms with E-state index in [4.69, 9.17) is 51.1 Å². The van der Waals surface area contributed by atoms with Crippen LogP contribution in [-0.2, 0) is 19.4 Å². The zero-order valence-electron chi connectivity index (χ0n) is 12.8. The third-order valence-electron chi connectivity index (χ3n) is 3.65. The van der Waals surface area contributed by atoms with Crippen molar-refractivity contribution < 1.29 is 22.7 Å². The second kappa shape index (κ2) is 7.84. The van der Waals surface area contributed by atoms with Crippen molar-refractivity contribution in [1.29, 1.82) is 0 Å². The lowest BCUT2D eigenvalue weighted by molar-refractivity contribution is -0.134. The van der Waals surface area contributed by atoms with E-state index in [1.807, 2.05) is 0 Å². The molecule has 2 rings (SSSR count). The summed E-state index contributed by atoms with van der Waals surface area (Å²) < 4.78 is 27.8. The molecular weight excluding hydrogens is 438 g/mol. The minimum atomic E-state index is -3.14. The first-order valence-electron chi connectivity index (χ1n) is 6.86. The second-order valence-corrected chi connectivity index (χ2v) is 9.05. The van der Waals surface area contributed by atoms with Crippen molar-refractivity contribution in [3.63, 3.8) is 0 Å². The second-order valence-electron chi connectivity index (χ2n) is 5.33. The molecule has 1 atom stereocenters. The van der Waals surface area contributed by atoms with Gasteiger partial charge in [0.15, 0.2) is 22.1 Å². The Morgan fingerprint density at radius 2 is 1.84 bits per heavy atom. The van der Waals surface area contributed by atoms with E-state index in [1.54, 1.807) is 0 Å². The molecule has 1 aliphatic rings. The molecule has 2 heterocycles. The molecular formula is C13H12Cl4N2O5S. The smallest absolute Gasteiger partial charge is 0.359 e. The summed E-state index contributed by atoms with van der Waals surface area (Å²) in [5.41, 5.74) is -0.375. The Bertz CT molecular complexity index is 830. The Morgan fingerprint density at radius 3 is 2.40 bits per heavy atom. The van der Waals surface area contributed by atoms with Gasteiger partial charge in [0, 0.05) is 13.1 Å². The van der Waals surface area contributed by atoms with Gasteiger partial charge in [0.2, 0.25) is 0 Å². The van der Waals surface area contributed by atoms with Crippen LogP contribution >= 0.6 is 46.4 Å². The predicted octanol–water partition coefficient (Wildman–Crippen LogP) is 2.50. The first-order chi connectivity index (χ1) is 11.5. The van der Waals surface area contributed by atoms with Crippen molar-refractivity contribution in [3.8, 4) is 0 Å². The van der Waals surface area contributed by atoms with Gasteiger partial charge in [-0.15, -0.1) is 0 Å². The zero-order valence-corrected chi connectivity index (χ0v) is 16.6.